The Morgan fingerprint density at radius 2 is 1.43 bits per heavy atom. The Balaban J connectivity index is 1.60. The molecule has 0 saturated carbocycles. The summed E-state index contributed by atoms with van der Waals surface area (Å²) in [6.45, 7) is 6.38. The molecule has 0 bridgehead atoms. The van der Waals surface area contributed by atoms with Crippen molar-refractivity contribution in [1.29, 1.82) is 0 Å². The highest BCUT2D eigenvalue weighted by atomic mass is 33.1. The Kier molecular flexibility index (Phi) is 5.30. The largest absolute Gasteiger partial charge is 0.379 e. The van der Waals surface area contributed by atoms with E-state index in [1.54, 1.807) is 0 Å². The summed E-state index contributed by atoms with van der Waals surface area (Å²) < 4.78 is 10.2. The van der Waals surface area contributed by atoms with Gasteiger partial charge in [-0.05, 0) is 0 Å². The first-order chi connectivity index (χ1) is 6.95. The maximum Gasteiger partial charge on any atom is 0.0603 e. The van der Waals surface area contributed by atoms with Crippen LogP contribution >= 0.6 is 33.7 Å². The van der Waals surface area contributed by atoms with Crippen molar-refractivity contribution in [2.24, 2.45) is 0 Å². The van der Waals surface area contributed by atoms with E-state index in [4.69, 9.17) is 4.74 Å². The van der Waals surface area contributed by atoms with Crippen LogP contribution in [0.25, 0.3) is 0 Å². The summed E-state index contributed by atoms with van der Waals surface area (Å²) in [5.74, 6) is 2.58. The zero-order valence-electron chi connectivity index (χ0n) is 8.18. The third-order valence-corrected chi connectivity index (χ3v) is 5.81. The van der Waals surface area contributed by atoms with E-state index in [0.717, 1.165) is 26.3 Å². The fraction of sp³-hybridized carbons (Fsp3) is 1.00. The number of hydrogen-bond acceptors (Lipinski definition) is 6. The first-order valence-electron chi connectivity index (χ1n) is 4.95. The molecule has 6 heteroatoms. The van der Waals surface area contributed by atoms with Gasteiger partial charge in [0.05, 0.1) is 13.2 Å². The Labute approximate surface area is 98.0 Å². The molecule has 0 unspecified atom stereocenters. The summed E-state index contributed by atoms with van der Waals surface area (Å²) in [7, 11) is 3.80. The van der Waals surface area contributed by atoms with Gasteiger partial charge < -0.3 is 4.74 Å². The van der Waals surface area contributed by atoms with Gasteiger partial charge in [0, 0.05) is 59.6 Å². The van der Waals surface area contributed by atoms with Gasteiger partial charge in [-0.15, -0.1) is 0 Å². The molecule has 3 nitrogen and oxygen atoms in total. The summed E-state index contributed by atoms with van der Waals surface area (Å²) in [6, 6.07) is 0. The summed E-state index contributed by atoms with van der Waals surface area (Å²) in [6.07, 6.45) is 0. The highest BCUT2D eigenvalue weighted by Gasteiger charge is 2.15. The molecule has 2 fully saturated rings. The van der Waals surface area contributed by atoms with Crippen molar-refractivity contribution in [1.82, 2.24) is 8.61 Å². The van der Waals surface area contributed by atoms with Gasteiger partial charge in [0.25, 0.3) is 0 Å². The fourth-order valence-corrected chi connectivity index (χ4v) is 4.75. The van der Waals surface area contributed by atoms with Gasteiger partial charge in [-0.3, -0.25) is 0 Å². The van der Waals surface area contributed by atoms with Gasteiger partial charge >= 0.3 is 0 Å². The molecule has 0 aromatic carbocycles. The van der Waals surface area contributed by atoms with E-state index in [2.05, 4.69) is 20.4 Å². The lowest BCUT2D eigenvalue weighted by Gasteiger charge is -2.29. The van der Waals surface area contributed by atoms with Crippen LogP contribution in [0, 0.1) is 0 Å². The van der Waals surface area contributed by atoms with Gasteiger partial charge in [-0.25, -0.2) is 8.61 Å². The lowest BCUT2D eigenvalue weighted by Crippen LogP contribution is -2.32. The van der Waals surface area contributed by atoms with Gasteiger partial charge in [0.1, 0.15) is 0 Å². The summed E-state index contributed by atoms with van der Waals surface area (Å²) in [5, 5.41) is 0. The molecule has 0 spiro atoms. The molecule has 0 radical (unpaired) electrons. The molecular formula is C8H16N2OS3. The lowest BCUT2D eigenvalue weighted by atomic mass is 10.5. The van der Waals surface area contributed by atoms with E-state index >= 15 is 0 Å². The average Bonchev–Trinajstić information content (AvgIpc) is 2.29. The Bertz CT molecular complexity index is 143. The Morgan fingerprint density at radius 3 is 2.07 bits per heavy atom. The van der Waals surface area contributed by atoms with Gasteiger partial charge in [-0.1, -0.05) is 0 Å². The van der Waals surface area contributed by atoms with Crippen LogP contribution in [0.1, 0.15) is 0 Å². The van der Waals surface area contributed by atoms with Crippen molar-refractivity contribution in [2.45, 2.75) is 0 Å². The number of ether oxygens (including phenoxy) is 1. The second-order valence-corrected chi connectivity index (χ2v) is 6.68. The summed E-state index contributed by atoms with van der Waals surface area (Å²) in [5.41, 5.74) is 0. The summed E-state index contributed by atoms with van der Waals surface area (Å²) >= 11 is 2.06. The SMILES string of the molecule is C1CN(SSN2CCSCC2)CCO1. The molecule has 0 atom stereocenters. The van der Waals surface area contributed by atoms with Crippen molar-refractivity contribution in [3.8, 4) is 0 Å². The van der Waals surface area contributed by atoms with Crippen LogP contribution in [-0.2, 0) is 4.74 Å². The van der Waals surface area contributed by atoms with Crippen LogP contribution in [0.2, 0.25) is 0 Å². The molecule has 2 aliphatic rings. The second-order valence-electron chi connectivity index (χ2n) is 3.23. The second kappa shape index (κ2) is 6.50. The number of nitrogens with zero attached hydrogens (tertiary/aromatic N) is 2. The number of morpholine rings is 1. The molecule has 0 amide bonds. The van der Waals surface area contributed by atoms with Crippen LogP contribution in [-0.4, -0.2) is 59.5 Å². The first-order valence-corrected chi connectivity index (χ1v) is 8.17. The predicted octanol–water partition coefficient (Wildman–Crippen LogP) is 1.58. The van der Waals surface area contributed by atoms with E-state index in [1.165, 1.54) is 24.6 Å². The molecule has 2 aliphatic heterocycles. The highest BCUT2D eigenvalue weighted by molar-refractivity contribution is 8.74. The highest BCUT2D eigenvalue weighted by Crippen LogP contribution is 2.31. The lowest BCUT2D eigenvalue weighted by molar-refractivity contribution is 0.0779. The van der Waals surface area contributed by atoms with E-state index in [9.17, 15) is 0 Å². The molecule has 2 saturated heterocycles. The van der Waals surface area contributed by atoms with Crippen LogP contribution in [0.5, 0.6) is 0 Å². The zero-order chi connectivity index (χ0) is 9.64. The van der Waals surface area contributed by atoms with Crippen molar-refractivity contribution < 1.29 is 4.74 Å². The van der Waals surface area contributed by atoms with Crippen molar-refractivity contribution in [3.63, 3.8) is 0 Å². The van der Waals surface area contributed by atoms with Crippen LogP contribution < -0.4 is 0 Å². The number of thioether (sulfide) groups is 1. The minimum Gasteiger partial charge on any atom is -0.379 e. The minimum atomic E-state index is 0.892. The average molecular weight is 252 g/mol. The molecule has 0 aromatic rings. The molecule has 14 heavy (non-hydrogen) atoms. The molecule has 2 rings (SSSR count). The first kappa shape index (κ1) is 11.4. The van der Waals surface area contributed by atoms with E-state index in [1.807, 2.05) is 22.0 Å². The van der Waals surface area contributed by atoms with Gasteiger partial charge in [0.2, 0.25) is 0 Å². The van der Waals surface area contributed by atoms with Crippen molar-refractivity contribution >= 4 is 33.7 Å². The monoisotopic (exact) mass is 252 g/mol. The van der Waals surface area contributed by atoms with E-state index < -0.39 is 0 Å². The Morgan fingerprint density at radius 1 is 0.857 bits per heavy atom. The third-order valence-electron chi connectivity index (χ3n) is 2.18. The van der Waals surface area contributed by atoms with Crippen molar-refractivity contribution in [3.05, 3.63) is 0 Å². The summed E-state index contributed by atoms with van der Waals surface area (Å²) in [4.78, 5) is 0. The maximum absolute atomic E-state index is 5.31. The minimum absolute atomic E-state index is 0.892. The molecule has 0 N–H and O–H groups in total. The quantitative estimate of drug-likeness (QED) is 0.556. The van der Waals surface area contributed by atoms with Crippen LogP contribution in [0.15, 0.2) is 0 Å². The van der Waals surface area contributed by atoms with Gasteiger partial charge in [0.15, 0.2) is 0 Å². The molecule has 0 aromatic heterocycles. The maximum atomic E-state index is 5.31. The number of hydrogen-bond donors (Lipinski definition) is 0. The smallest absolute Gasteiger partial charge is 0.0603 e. The zero-order valence-corrected chi connectivity index (χ0v) is 10.6. The fourth-order valence-electron chi connectivity index (χ4n) is 1.34. The molecular weight excluding hydrogens is 236 g/mol. The molecule has 0 aliphatic carbocycles. The third kappa shape index (κ3) is 3.83. The van der Waals surface area contributed by atoms with E-state index in [0.29, 0.717) is 0 Å². The molecule has 2 heterocycles. The number of rotatable bonds is 3. The normalized spacial score (nSPS) is 26.6. The predicted molar refractivity (Wildman–Crippen MR) is 66.5 cm³/mol. The van der Waals surface area contributed by atoms with E-state index in [-0.39, 0.29) is 0 Å². The molecule has 82 valence electrons. The van der Waals surface area contributed by atoms with Crippen molar-refractivity contribution in [2.75, 3.05) is 50.9 Å². The Hall–Kier alpha value is 0.930. The van der Waals surface area contributed by atoms with Gasteiger partial charge in [-0.2, -0.15) is 11.8 Å². The van der Waals surface area contributed by atoms with Crippen LogP contribution in [0.3, 0.4) is 0 Å². The van der Waals surface area contributed by atoms with Crippen LogP contribution in [0.4, 0.5) is 0 Å². The topological polar surface area (TPSA) is 15.7 Å². The standard InChI is InChI=1S/C8H16N2OS3/c1-5-11-6-2-9(1)13-14-10-3-7-12-8-4-10/h1-8H2.